The molecule has 212 valence electrons. The van der Waals surface area contributed by atoms with Gasteiger partial charge in [0.2, 0.25) is 0 Å². The molecule has 41 heavy (non-hydrogen) atoms. The zero-order valence-corrected chi connectivity index (χ0v) is 21.2. The van der Waals surface area contributed by atoms with Crippen LogP contribution in [0.4, 0.5) is 0 Å². The minimum absolute atomic E-state index is 0.00736. The third-order valence-electron chi connectivity index (χ3n) is 7.57. The zero-order chi connectivity index (χ0) is 29.2. The molecule has 0 aliphatic carbocycles. The second-order valence-corrected chi connectivity index (χ2v) is 10.2. The van der Waals surface area contributed by atoms with E-state index < -0.39 is 47.6 Å². The molecule has 0 saturated heterocycles. The Morgan fingerprint density at radius 2 is 1.24 bits per heavy atom. The highest BCUT2D eigenvalue weighted by Gasteiger charge is 2.46. The second kappa shape index (κ2) is 9.58. The maximum absolute atomic E-state index is 11.7. The first-order valence-corrected chi connectivity index (χ1v) is 12.7. The quantitative estimate of drug-likeness (QED) is 0.166. The summed E-state index contributed by atoms with van der Waals surface area (Å²) in [6.45, 7) is 0. The van der Waals surface area contributed by atoms with E-state index in [0.29, 0.717) is 5.56 Å². The van der Waals surface area contributed by atoms with Crippen LogP contribution >= 0.6 is 0 Å². The van der Waals surface area contributed by atoms with Crippen LogP contribution in [0.3, 0.4) is 0 Å². The van der Waals surface area contributed by atoms with Crippen molar-refractivity contribution in [3.05, 3.63) is 88.5 Å². The molecule has 0 unspecified atom stereocenters. The van der Waals surface area contributed by atoms with Crippen molar-refractivity contribution < 1.29 is 55.4 Å². The minimum Gasteiger partial charge on any atom is -0.508 e. The molecular formula is C30H26O11. The number of aromatic hydroxyl groups is 7. The van der Waals surface area contributed by atoms with E-state index in [0.717, 1.165) is 12.1 Å². The molecule has 0 saturated carbocycles. The van der Waals surface area contributed by atoms with Crippen molar-refractivity contribution in [3.8, 4) is 51.7 Å². The first-order valence-electron chi connectivity index (χ1n) is 12.7. The van der Waals surface area contributed by atoms with Crippen molar-refractivity contribution >= 4 is 0 Å². The van der Waals surface area contributed by atoms with E-state index in [1.165, 1.54) is 48.5 Å². The summed E-state index contributed by atoms with van der Waals surface area (Å²) in [5.74, 6) is -3.76. The number of hydrogen-bond donors (Lipinski definition) is 9. The third-order valence-corrected chi connectivity index (χ3v) is 7.57. The number of hydrogen-bond acceptors (Lipinski definition) is 11. The molecule has 0 spiro atoms. The van der Waals surface area contributed by atoms with Crippen LogP contribution in [0, 0.1) is 0 Å². The van der Waals surface area contributed by atoms with Gasteiger partial charge in [0, 0.05) is 41.3 Å². The van der Waals surface area contributed by atoms with Crippen LogP contribution in [0.5, 0.6) is 51.7 Å². The summed E-state index contributed by atoms with van der Waals surface area (Å²) in [7, 11) is 0. The lowest BCUT2D eigenvalue weighted by Crippen LogP contribution is -2.36. The largest absolute Gasteiger partial charge is 0.508 e. The van der Waals surface area contributed by atoms with Crippen LogP contribution in [-0.4, -0.2) is 58.2 Å². The maximum Gasteiger partial charge on any atom is 0.157 e. The van der Waals surface area contributed by atoms with Gasteiger partial charge in [-0.3, -0.25) is 0 Å². The Hall–Kier alpha value is -5.00. The van der Waals surface area contributed by atoms with E-state index in [2.05, 4.69) is 0 Å². The van der Waals surface area contributed by atoms with Crippen LogP contribution in [0.15, 0.2) is 60.7 Å². The fourth-order valence-electron chi connectivity index (χ4n) is 5.66. The van der Waals surface area contributed by atoms with Crippen LogP contribution in [0.2, 0.25) is 0 Å². The lowest BCUT2D eigenvalue weighted by atomic mass is 9.77. The fraction of sp³-hybridized carbons (Fsp3) is 0.200. The van der Waals surface area contributed by atoms with Crippen molar-refractivity contribution in [1.29, 1.82) is 0 Å². The summed E-state index contributed by atoms with van der Waals surface area (Å²) in [4.78, 5) is 0. The Morgan fingerprint density at radius 3 is 1.95 bits per heavy atom. The van der Waals surface area contributed by atoms with E-state index in [4.69, 9.17) is 9.47 Å². The zero-order valence-electron chi connectivity index (χ0n) is 21.2. The Bertz CT molecular complexity index is 1650. The Kier molecular flexibility index (Phi) is 6.13. The normalized spacial score (nSPS) is 23.1. The number of ether oxygens (including phenoxy) is 2. The van der Waals surface area contributed by atoms with E-state index in [1.54, 1.807) is 0 Å². The summed E-state index contributed by atoms with van der Waals surface area (Å²) >= 11 is 0. The maximum atomic E-state index is 11.7. The van der Waals surface area contributed by atoms with Gasteiger partial charge in [-0.05, 0) is 35.4 Å². The summed E-state index contributed by atoms with van der Waals surface area (Å²) in [6.07, 6.45) is -5.05. The van der Waals surface area contributed by atoms with Crippen LogP contribution in [0.1, 0.15) is 45.9 Å². The predicted molar refractivity (Wildman–Crippen MR) is 142 cm³/mol. The van der Waals surface area contributed by atoms with Crippen molar-refractivity contribution in [2.75, 3.05) is 0 Å². The van der Waals surface area contributed by atoms with E-state index in [1.807, 2.05) is 0 Å². The molecule has 0 amide bonds. The molecule has 9 N–H and O–H groups in total. The van der Waals surface area contributed by atoms with Gasteiger partial charge in [-0.15, -0.1) is 0 Å². The molecule has 0 bridgehead atoms. The lowest BCUT2D eigenvalue weighted by molar-refractivity contribution is 0.00122. The van der Waals surface area contributed by atoms with Gasteiger partial charge in [0.15, 0.2) is 17.6 Å². The molecule has 4 aromatic rings. The molecule has 6 rings (SSSR count). The number of fused-ring (bicyclic) bond motifs is 2. The molecule has 2 heterocycles. The summed E-state index contributed by atoms with van der Waals surface area (Å²) < 4.78 is 12.2. The van der Waals surface area contributed by atoms with Crippen molar-refractivity contribution in [3.63, 3.8) is 0 Å². The van der Waals surface area contributed by atoms with Gasteiger partial charge in [-0.1, -0.05) is 18.2 Å². The van der Waals surface area contributed by atoms with Gasteiger partial charge in [0.25, 0.3) is 0 Å². The molecule has 0 aromatic heterocycles. The summed E-state index contributed by atoms with van der Waals surface area (Å²) in [5.41, 5.74) is 0.857. The number of benzene rings is 4. The van der Waals surface area contributed by atoms with Crippen molar-refractivity contribution in [1.82, 2.24) is 0 Å². The molecule has 2 aliphatic heterocycles. The fourth-order valence-corrected chi connectivity index (χ4v) is 5.66. The van der Waals surface area contributed by atoms with E-state index >= 15 is 0 Å². The molecule has 4 aromatic carbocycles. The average Bonchev–Trinajstić information content (AvgIpc) is 2.92. The SMILES string of the molecule is Oc1ccc([C@H]2Oc3cc(O)cc(O)c3[C@H](c3c(O)cc(O)c4c3O[C@@H](c3ccc(O)c(O)c3)[C@@H](O)C4)[C@H]2O)cc1. The van der Waals surface area contributed by atoms with Gasteiger partial charge in [0.05, 0.1) is 12.0 Å². The van der Waals surface area contributed by atoms with E-state index in [9.17, 15) is 46.0 Å². The first kappa shape index (κ1) is 26.2. The number of aliphatic hydroxyl groups is 2. The second-order valence-electron chi connectivity index (χ2n) is 10.2. The highest BCUT2D eigenvalue weighted by atomic mass is 16.5. The third kappa shape index (κ3) is 4.31. The number of aliphatic hydroxyl groups excluding tert-OH is 2. The predicted octanol–water partition coefficient (Wildman–Crippen LogP) is 3.29. The Morgan fingerprint density at radius 1 is 0.561 bits per heavy atom. The lowest BCUT2D eigenvalue weighted by Gasteiger charge is -2.40. The first-order chi connectivity index (χ1) is 19.5. The number of phenols is 7. The van der Waals surface area contributed by atoms with Crippen molar-refractivity contribution in [2.24, 2.45) is 0 Å². The van der Waals surface area contributed by atoms with Gasteiger partial charge < -0.3 is 55.4 Å². The highest BCUT2D eigenvalue weighted by molar-refractivity contribution is 5.65. The summed E-state index contributed by atoms with van der Waals surface area (Å²) in [6, 6.07) is 13.1. The van der Waals surface area contributed by atoms with E-state index in [-0.39, 0.29) is 63.2 Å². The van der Waals surface area contributed by atoms with Crippen LogP contribution in [0.25, 0.3) is 0 Å². The van der Waals surface area contributed by atoms with Crippen LogP contribution in [-0.2, 0) is 6.42 Å². The Labute approximate surface area is 232 Å². The summed E-state index contributed by atoms with van der Waals surface area (Å²) in [5, 5.41) is 95.2. The molecule has 0 radical (unpaired) electrons. The molecule has 2 aliphatic rings. The molecule has 11 nitrogen and oxygen atoms in total. The van der Waals surface area contributed by atoms with Gasteiger partial charge in [-0.2, -0.15) is 0 Å². The van der Waals surface area contributed by atoms with Crippen molar-refractivity contribution in [2.45, 2.75) is 36.8 Å². The van der Waals surface area contributed by atoms with Gasteiger partial charge in [-0.25, -0.2) is 0 Å². The number of phenolic OH excluding ortho intramolecular Hbond substituents is 7. The van der Waals surface area contributed by atoms with Gasteiger partial charge in [0.1, 0.15) is 52.5 Å². The minimum atomic E-state index is -1.48. The monoisotopic (exact) mass is 562 g/mol. The number of rotatable bonds is 3. The standard InChI is InChI=1S/C30H26O11/c31-14-4-1-12(2-5-14)29-27(39)26(24-20(36)8-15(32)9-23(24)40-29)25-21(37)11-18(34)16-10-22(38)28(41-30(16)25)13-3-6-17(33)19(35)7-13/h1-9,11,22,26-29,31-39H,10H2/t22-,26+,27+,28-,29+/m0/s1. The molecule has 0 fully saturated rings. The molecule has 11 heteroatoms. The Balaban J connectivity index is 1.55. The van der Waals surface area contributed by atoms with Crippen LogP contribution < -0.4 is 9.47 Å². The molecular weight excluding hydrogens is 536 g/mol. The average molecular weight is 563 g/mol. The smallest absolute Gasteiger partial charge is 0.157 e. The van der Waals surface area contributed by atoms with Gasteiger partial charge >= 0.3 is 0 Å². The molecule has 5 atom stereocenters. The highest BCUT2D eigenvalue weighted by Crippen LogP contribution is 2.57. The topological polar surface area (TPSA) is 201 Å².